The van der Waals surface area contributed by atoms with Crippen LogP contribution in [0.1, 0.15) is 32.6 Å². The fourth-order valence-electron chi connectivity index (χ4n) is 1.93. The molecule has 2 N–H and O–H groups in total. The van der Waals surface area contributed by atoms with E-state index in [1.54, 1.807) is 0 Å². The van der Waals surface area contributed by atoms with Crippen LogP contribution < -0.4 is 5.32 Å². The van der Waals surface area contributed by atoms with Crippen LogP contribution in [0.2, 0.25) is 0 Å². The van der Waals surface area contributed by atoms with Gasteiger partial charge in [0, 0.05) is 6.54 Å². The first kappa shape index (κ1) is 15.9. The lowest BCUT2D eigenvalue weighted by Gasteiger charge is -2.17. The summed E-state index contributed by atoms with van der Waals surface area (Å²) >= 11 is 0. The zero-order valence-electron chi connectivity index (χ0n) is 11.0. The molecule has 1 aliphatic rings. The van der Waals surface area contributed by atoms with Gasteiger partial charge in [-0.3, -0.25) is 4.79 Å². The topological polar surface area (TPSA) is 104 Å². The summed E-state index contributed by atoms with van der Waals surface area (Å²) in [7, 11) is -3.33. The van der Waals surface area contributed by atoms with Crippen molar-refractivity contribution in [1.82, 2.24) is 9.62 Å². The Labute approximate surface area is 113 Å². The molecule has 1 heterocycles. The fourth-order valence-corrected chi connectivity index (χ4v) is 3.41. The third-order valence-electron chi connectivity index (χ3n) is 3.00. The zero-order chi connectivity index (χ0) is 14.5. The maximum Gasteiger partial charge on any atom is 0.326 e. The second-order valence-corrected chi connectivity index (χ2v) is 6.69. The summed E-state index contributed by atoms with van der Waals surface area (Å²) in [6.07, 6.45) is 2.39. The number of carbonyl (C=O) groups is 2. The van der Waals surface area contributed by atoms with E-state index in [0.29, 0.717) is 25.8 Å². The summed E-state index contributed by atoms with van der Waals surface area (Å²) in [5.74, 6) is -1.60. The van der Waals surface area contributed by atoms with Gasteiger partial charge in [-0.1, -0.05) is 19.8 Å². The van der Waals surface area contributed by atoms with Crippen molar-refractivity contribution < 1.29 is 23.1 Å². The molecule has 0 bridgehead atoms. The molecule has 1 fully saturated rings. The molecule has 1 atom stereocenters. The molecule has 110 valence electrons. The van der Waals surface area contributed by atoms with E-state index in [9.17, 15) is 18.0 Å². The van der Waals surface area contributed by atoms with Gasteiger partial charge in [0.2, 0.25) is 15.9 Å². The highest BCUT2D eigenvalue weighted by Gasteiger charge is 2.30. The van der Waals surface area contributed by atoms with E-state index in [1.165, 1.54) is 0 Å². The molecule has 0 aromatic rings. The number of nitrogens with zero attached hydrogens (tertiary/aromatic N) is 1. The SMILES string of the molecule is CCCCC(NC(=O)CN1CCCS1(=O)=O)C(=O)O. The van der Waals surface area contributed by atoms with Crippen molar-refractivity contribution in [2.45, 2.75) is 38.6 Å². The normalized spacial score (nSPS) is 20.1. The van der Waals surface area contributed by atoms with Crippen molar-refractivity contribution in [3.8, 4) is 0 Å². The van der Waals surface area contributed by atoms with Crippen LogP contribution in [0, 0.1) is 0 Å². The van der Waals surface area contributed by atoms with Crippen LogP contribution in [0.25, 0.3) is 0 Å². The standard InChI is InChI=1S/C11H20N2O5S/c1-2-3-5-9(11(15)16)12-10(14)8-13-6-4-7-19(13,17)18/h9H,2-8H2,1H3,(H,12,14)(H,15,16). The van der Waals surface area contributed by atoms with E-state index in [-0.39, 0.29) is 12.3 Å². The van der Waals surface area contributed by atoms with Crippen molar-refractivity contribution in [1.29, 1.82) is 0 Å². The van der Waals surface area contributed by atoms with Crippen LogP contribution in [-0.2, 0) is 19.6 Å². The number of carbonyl (C=O) groups excluding carboxylic acids is 1. The van der Waals surface area contributed by atoms with Crippen LogP contribution in [0.4, 0.5) is 0 Å². The zero-order valence-corrected chi connectivity index (χ0v) is 11.8. The van der Waals surface area contributed by atoms with Crippen LogP contribution >= 0.6 is 0 Å². The quantitative estimate of drug-likeness (QED) is 0.675. The van der Waals surface area contributed by atoms with E-state index in [4.69, 9.17) is 5.11 Å². The maximum atomic E-state index is 11.7. The number of nitrogens with one attached hydrogen (secondary N) is 1. The van der Waals surface area contributed by atoms with Gasteiger partial charge in [-0.05, 0) is 12.8 Å². The van der Waals surface area contributed by atoms with E-state index >= 15 is 0 Å². The van der Waals surface area contributed by atoms with Gasteiger partial charge in [0.1, 0.15) is 6.04 Å². The third kappa shape index (κ3) is 4.79. The summed E-state index contributed by atoms with van der Waals surface area (Å²) in [5, 5.41) is 11.3. The van der Waals surface area contributed by atoms with Gasteiger partial charge in [0.25, 0.3) is 0 Å². The summed E-state index contributed by atoms with van der Waals surface area (Å²) in [6, 6.07) is -0.947. The van der Waals surface area contributed by atoms with Crippen LogP contribution in [-0.4, -0.2) is 54.6 Å². The predicted molar refractivity (Wildman–Crippen MR) is 69.1 cm³/mol. The average molecular weight is 292 g/mol. The molecule has 1 unspecified atom stereocenters. The minimum absolute atomic E-state index is 0.0540. The second kappa shape index (κ2) is 6.85. The Hall–Kier alpha value is -1.15. The average Bonchev–Trinajstić information content (AvgIpc) is 2.63. The summed E-state index contributed by atoms with van der Waals surface area (Å²) in [6.45, 7) is 1.96. The predicted octanol–water partition coefficient (Wildman–Crippen LogP) is -0.218. The molecule has 7 nitrogen and oxygen atoms in total. The van der Waals surface area contributed by atoms with Gasteiger partial charge >= 0.3 is 5.97 Å². The van der Waals surface area contributed by atoms with Gasteiger partial charge in [-0.2, -0.15) is 4.31 Å². The molecule has 0 radical (unpaired) electrons. The first-order chi connectivity index (χ1) is 8.86. The number of unbranched alkanes of at least 4 members (excludes halogenated alkanes) is 1. The number of carboxylic acid groups (broad SMARTS) is 1. The Bertz CT molecular complexity index is 434. The Kier molecular flexibility index (Phi) is 5.74. The van der Waals surface area contributed by atoms with Crippen LogP contribution in [0.5, 0.6) is 0 Å². The minimum Gasteiger partial charge on any atom is -0.480 e. The Morgan fingerprint density at radius 1 is 1.42 bits per heavy atom. The molecule has 1 saturated heterocycles. The Morgan fingerprint density at radius 3 is 2.58 bits per heavy atom. The van der Waals surface area contributed by atoms with Crippen LogP contribution in [0.3, 0.4) is 0 Å². The molecular weight excluding hydrogens is 272 g/mol. The number of amides is 1. The lowest BCUT2D eigenvalue weighted by molar-refractivity contribution is -0.142. The van der Waals surface area contributed by atoms with E-state index in [2.05, 4.69) is 5.32 Å². The molecule has 0 spiro atoms. The van der Waals surface area contributed by atoms with Crippen molar-refractivity contribution >= 4 is 21.9 Å². The van der Waals surface area contributed by atoms with Gasteiger partial charge in [-0.25, -0.2) is 13.2 Å². The smallest absolute Gasteiger partial charge is 0.326 e. The molecule has 0 aromatic carbocycles. The molecule has 1 aliphatic heterocycles. The highest BCUT2D eigenvalue weighted by molar-refractivity contribution is 7.89. The lowest BCUT2D eigenvalue weighted by atomic mass is 10.1. The second-order valence-electron chi connectivity index (χ2n) is 4.60. The van der Waals surface area contributed by atoms with Crippen molar-refractivity contribution in [3.05, 3.63) is 0 Å². The first-order valence-corrected chi connectivity index (χ1v) is 7.97. The highest BCUT2D eigenvalue weighted by Crippen LogP contribution is 2.12. The number of carboxylic acids is 1. The van der Waals surface area contributed by atoms with Crippen molar-refractivity contribution in [2.75, 3.05) is 18.8 Å². The van der Waals surface area contributed by atoms with Crippen LogP contribution in [0.15, 0.2) is 0 Å². The summed E-state index contributed by atoms with van der Waals surface area (Å²) in [4.78, 5) is 22.6. The molecule has 1 rings (SSSR count). The van der Waals surface area contributed by atoms with Gasteiger partial charge in [0.05, 0.1) is 12.3 Å². The van der Waals surface area contributed by atoms with Crippen molar-refractivity contribution in [3.63, 3.8) is 0 Å². The largest absolute Gasteiger partial charge is 0.480 e. The highest BCUT2D eigenvalue weighted by atomic mass is 32.2. The van der Waals surface area contributed by atoms with E-state index < -0.39 is 27.9 Å². The molecule has 19 heavy (non-hydrogen) atoms. The number of rotatable bonds is 7. The Morgan fingerprint density at radius 2 is 2.11 bits per heavy atom. The number of aliphatic carboxylic acids is 1. The van der Waals surface area contributed by atoms with Crippen molar-refractivity contribution in [2.24, 2.45) is 0 Å². The monoisotopic (exact) mass is 292 g/mol. The molecule has 8 heteroatoms. The van der Waals surface area contributed by atoms with E-state index in [1.807, 2.05) is 6.92 Å². The maximum absolute atomic E-state index is 11.7. The van der Waals surface area contributed by atoms with E-state index in [0.717, 1.165) is 10.7 Å². The fraction of sp³-hybridized carbons (Fsp3) is 0.818. The summed E-state index contributed by atoms with van der Waals surface area (Å²) in [5.41, 5.74) is 0. The summed E-state index contributed by atoms with van der Waals surface area (Å²) < 4.78 is 24.1. The van der Waals surface area contributed by atoms with Gasteiger partial charge in [0.15, 0.2) is 0 Å². The molecule has 1 amide bonds. The first-order valence-electron chi connectivity index (χ1n) is 6.37. The number of hydrogen-bond donors (Lipinski definition) is 2. The minimum atomic E-state index is -3.33. The molecule has 0 aromatic heterocycles. The molecular formula is C11H20N2O5S. The number of hydrogen-bond acceptors (Lipinski definition) is 4. The third-order valence-corrected chi connectivity index (χ3v) is 4.91. The number of sulfonamides is 1. The molecule has 0 saturated carbocycles. The lowest BCUT2D eigenvalue weighted by Crippen LogP contribution is -2.45. The molecule has 0 aliphatic carbocycles. The van der Waals surface area contributed by atoms with Gasteiger partial charge < -0.3 is 10.4 Å². The Balaban J connectivity index is 2.51. The van der Waals surface area contributed by atoms with Gasteiger partial charge in [-0.15, -0.1) is 0 Å².